The Bertz CT molecular complexity index is 715. The molecule has 0 aliphatic carbocycles. The first kappa shape index (κ1) is 11.7. The molecule has 0 radical (unpaired) electrons. The number of anilines is 1. The van der Waals surface area contributed by atoms with Gasteiger partial charge in [-0.05, 0) is 25.0 Å². The van der Waals surface area contributed by atoms with Crippen molar-refractivity contribution in [1.29, 1.82) is 0 Å². The van der Waals surface area contributed by atoms with Crippen molar-refractivity contribution in [3.05, 3.63) is 34.7 Å². The van der Waals surface area contributed by atoms with E-state index in [-0.39, 0.29) is 23.5 Å². The fourth-order valence-electron chi connectivity index (χ4n) is 3.06. The molecule has 6 nitrogen and oxygen atoms in total. The second-order valence-electron chi connectivity index (χ2n) is 5.40. The molecular formula is C14H15N3O3. The first-order valence-corrected chi connectivity index (χ1v) is 6.82. The van der Waals surface area contributed by atoms with E-state index in [1.165, 1.54) is 16.5 Å². The van der Waals surface area contributed by atoms with Crippen LogP contribution in [0.1, 0.15) is 12.8 Å². The topological polar surface area (TPSA) is 67.1 Å². The Morgan fingerprint density at radius 2 is 2.05 bits per heavy atom. The molecule has 2 bridgehead atoms. The van der Waals surface area contributed by atoms with E-state index in [0.717, 1.165) is 25.9 Å². The third-order valence-corrected chi connectivity index (χ3v) is 4.02. The highest BCUT2D eigenvalue weighted by molar-refractivity contribution is 5.56. The van der Waals surface area contributed by atoms with E-state index < -0.39 is 0 Å². The highest BCUT2D eigenvalue weighted by Gasteiger charge is 2.34. The van der Waals surface area contributed by atoms with Crippen LogP contribution in [0.15, 0.2) is 29.2 Å². The lowest BCUT2D eigenvalue weighted by Crippen LogP contribution is -2.43. The van der Waals surface area contributed by atoms with Crippen molar-refractivity contribution in [2.45, 2.75) is 25.0 Å². The molecule has 0 amide bonds. The molecule has 2 fully saturated rings. The van der Waals surface area contributed by atoms with Crippen LogP contribution in [0.3, 0.4) is 0 Å². The van der Waals surface area contributed by atoms with Gasteiger partial charge in [0.25, 0.3) is 5.56 Å². The first-order chi connectivity index (χ1) is 9.70. The number of fused-ring (bicyclic) bond motifs is 3. The number of aromatic nitrogens is 2. The summed E-state index contributed by atoms with van der Waals surface area (Å²) < 4.78 is 7.14. The fourth-order valence-corrected chi connectivity index (χ4v) is 3.06. The lowest BCUT2D eigenvalue weighted by Gasteiger charge is -2.32. The molecular weight excluding hydrogens is 258 g/mol. The molecule has 0 saturated carbocycles. The standard InChI is InChI=1S/C14H15N3O3/c18-11-2-1-5-17-13(19)6-12(15-14(11)17)16-7-9-3-4-10(8-16)20-9/h1-2,5-6,9-10,18H,3-4,7-8H2. The average Bonchev–Trinajstić information content (AvgIpc) is 2.78. The fraction of sp³-hybridized carbons (Fsp3) is 0.429. The maximum Gasteiger partial charge on any atom is 0.260 e. The number of morpholine rings is 1. The van der Waals surface area contributed by atoms with E-state index in [1.54, 1.807) is 12.3 Å². The monoisotopic (exact) mass is 273 g/mol. The van der Waals surface area contributed by atoms with Crippen molar-refractivity contribution in [3.8, 4) is 5.75 Å². The molecule has 0 spiro atoms. The molecule has 2 saturated heterocycles. The van der Waals surface area contributed by atoms with Gasteiger partial charge in [0.2, 0.25) is 0 Å². The van der Waals surface area contributed by atoms with Crippen LogP contribution in [0.5, 0.6) is 5.75 Å². The first-order valence-electron chi connectivity index (χ1n) is 6.82. The predicted molar refractivity (Wildman–Crippen MR) is 73.2 cm³/mol. The van der Waals surface area contributed by atoms with Gasteiger partial charge in [0.1, 0.15) is 5.82 Å². The Hall–Kier alpha value is -2.08. The molecule has 2 aliphatic rings. The second kappa shape index (κ2) is 4.21. The van der Waals surface area contributed by atoms with Crippen LogP contribution in [0.25, 0.3) is 5.65 Å². The summed E-state index contributed by atoms with van der Waals surface area (Å²) in [6, 6.07) is 4.69. The molecule has 104 valence electrons. The quantitative estimate of drug-likeness (QED) is 0.831. The van der Waals surface area contributed by atoms with Gasteiger partial charge in [-0.1, -0.05) is 0 Å². The Morgan fingerprint density at radius 1 is 1.30 bits per heavy atom. The zero-order chi connectivity index (χ0) is 13.7. The summed E-state index contributed by atoms with van der Waals surface area (Å²) in [5, 5.41) is 9.87. The lowest BCUT2D eigenvalue weighted by atomic mass is 10.2. The molecule has 0 aromatic carbocycles. The Kier molecular flexibility index (Phi) is 2.47. The van der Waals surface area contributed by atoms with Gasteiger partial charge in [0.15, 0.2) is 11.4 Å². The third-order valence-electron chi connectivity index (χ3n) is 4.02. The van der Waals surface area contributed by atoms with Gasteiger partial charge in [-0.2, -0.15) is 0 Å². The molecule has 1 N–H and O–H groups in total. The zero-order valence-electron chi connectivity index (χ0n) is 10.9. The summed E-state index contributed by atoms with van der Waals surface area (Å²) in [6.45, 7) is 1.51. The van der Waals surface area contributed by atoms with Crippen molar-refractivity contribution in [3.63, 3.8) is 0 Å². The molecule has 6 heteroatoms. The van der Waals surface area contributed by atoms with E-state index in [0.29, 0.717) is 11.5 Å². The number of hydrogen-bond donors (Lipinski definition) is 1. The highest BCUT2D eigenvalue weighted by Crippen LogP contribution is 2.29. The van der Waals surface area contributed by atoms with Crippen LogP contribution in [-0.2, 0) is 4.74 Å². The highest BCUT2D eigenvalue weighted by atomic mass is 16.5. The van der Waals surface area contributed by atoms with E-state index in [1.807, 2.05) is 0 Å². The van der Waals surface area contributed by atoms with Crippen LogP contribution in [0, 0.1) is 0 Å². The number of rotatable bonds is 1. The smallest absolute Gasteiger partial charge is 0.260 e. The Labute approximate surface area is 115 Å². The van der Waals surface area contributed by atoms with Crippen LogP contribution >= 0.6 is 0 Å². The Balaban J connectivity index is 1.81. The van der Waals surface area contributed by atoms with Crippen molar-refractivity contribution in [2.24, 2.45) is 0 Å². The molecule has 2 aromatic rings. The van der Waals surface area contributed by atoms with Crippen LogP contribution < -0.4 is 10.5 Å². The van der Waals surface area contributed by atoms with Gasteiger partial charge < -0.3 is 14.7 Å². The molecule has 2 unspecified atom stereocenters. The average molecular weight is 273 g/mol. The summed E-state index contributed by atoms with van der Waals surface area (Å²) in [6.07, 6.45) is 4.21. The minimum atomic E-state index is -0.181. The molecule has 4 heterocycles. The summed E-state index contributed by atoms with van der Waals surface area (Å²) in [5.41, 5.74) is 0.119. The maximum atomic E-state index is 12.1. The minimum absolute atomic E-state index is 0.0164. The van der Waals surface area contributed by atoms with Gasteiger partial charge in [-0.3, -0.25) is 9.20 Å². The van der Waals surface area contributed by atoms with Gasteiger partial charge in [0, 0.05) is 25.4 Å². The number of ether oxygens (including phenoxy) is 1. The molecule has 4 rings (SSSR count). The number of hydrogen-bond acceptors (Lipinski definition) is 5. The summed E-state index contributed by atoms with van der Waals surface area (Å²) >= 11 is 0. The van der Waals surface area contributed by atoms with E-state index in [4.69, 9.17) is 4.74 Å². The normalized spacial score (nSPS) is 25.3. The largest absolute Gasteiger partial charge is 0.504 e. The van der Waals surface area contributed by atoms with Crippen molar-refractivity contribution >= 4 is 11.5 Å². The number of aromatic hydroxyl groups is 1. The number of pyridine rings is 1. The van der Waals surface area contributed by atoms with Crippen LogP contribution in [0.2, 0.25) is 0 Å². The van der Waals surface area contributed by atoms with Gasteiger partial charge in [0.05, 0.1) is 12.2 Å². The molecule has 20 heavy (non-hydrogen) atoms. The van der Waals surface area contributed by atoms with Crippen LogP contribution in [0.4, 0.5) is 5.82 Å². The van der Waals surface area contributed by atoms with Crippen molar-refractivity contribution in [2.75, 3.05) is 18.0 Å². The van der Waals surface area contributed by atoms with E-state index >= 15 is 0 Å². The summed E-state index contributed by atoms with van der Waals surface area (Å²) in [7, 11) is 0. The number of nitrogens with zero attached hydrogens (tertiary/aromatic N) is 3. The van der Waals surface area contributed by atoms with E-state index in [9.17, 15) is 9.90 Å². The van der Waals surface area contributed by atoms with Gasteiger partial charge >= 0.3 is 0 Å². The van der Waals surface area contributed by atoms with Crippen LogP contribution in [-0.4, -0.2) is 39.8 Å². The molecule has 2 aliphatic heterocycles. The third kappa shape index (κ3) is 1.76. The van der Waals surface area contributed by atoms with Gasteiger partial charge in [-0.25, -0.2) is 4.98 Å². The second-order valence-corrected chi connectivity index (χ2v) is 5.40. The molecule has 2 atom stereocenters. The van der Waals surface area contributed by atoms with E-state index in [2.05, 4.69) is 9.88 Å². The lowest BCUT2D eigenvalue weighted by molar-refractivity contribution is 0.0302. The van der Waals surface area contributed by atoms with Crippen molar-refractivity contribution < 1.29 is 9.84 Å². The van der Waals surface area contributed by atoms with Gasteiger partial charge in [-0.15, -0.1) is 0 Å². The Morgan fingerprint density at radius 3 is 2.80 bits per heavy atom. The zero-order valence-corrected chi connectivity index (χ0v) is 10.9. The summed E-state index contributed by atoms with van der Waals surface area (Å²) in [4.78, 5) is 18.6. The summed E-state index contributed by atoms with van der Waals surface area (Å²) in [5.74, 6) is 0.638. The van der Waals surface area contributed by atoms with Crippen molar-refractivity contribution in [1.82, 2.24) is 9.38 Å². The maximum absolute atomic E-state index is 12.1. The SMILES string of the molecule is O=c1cc(N2CC3CCC(C2)O3)nc2c(O)cccn12. The minimum Gasteiger partial charge on any atom is -0.504 e. The predicted octanol–water partition coefficient (Wildman–Crippen LogP) is 0.768. The molecule has 2 aromatic heterocycles.